The predicted molar refractivity (Wildman–Crippen MR) is 118 cm³/mol. The van der Waals surface area contributed by atoms with Crippen LogP contribution in [0.5, 0.6) is 0 Å². The molecule has 3 aromatic heterocycles. The van der Waals surface area contributed by atoms with E-state index in [1.54, 1.807) is 4.52 Å². The van der Waals surface area contributed by atoms with Gasteiger partial charge in [-0.15, -0.1) is 5.10 Å². The van der Waals surface area contributed by atoms with E-state index in [0.717, 1.165) is 37.3 Å². The molecule has 0 radical (unpaired) electrons. The fourth-order valence-corrected chi connectivity index (χ4v) is 4.20. The Morgan fingerprint density at radius 1 is 1.12 bits per heavy atom. The SMILES string of the molecule is O=C(Nc1nc2cccc(N3CCCN(c4ncc(C(F)(F)F)cc4Cl)CC3)n2n1)C1CC1. The predicted octanol–water partition coefficient (Wildman–Crippen LogP) is 3.86. The van der Waals surface area contributed by atoms with Crippen molar-refractivity contribution >= 4 is 40.7 Å². The van der Waals surface area contributed by atoms with Crippen LogP contribution in [-0.4, -0.2) is 51.7 Å². The van der Waals surface area contributed by atoms with Crippen LogP contribution in [0.25, 0.3) is 5.65 Å². The average Bonchev–Trinajstić information content (AvgIpc) is 3.57. The average molecular weight is 480 g/mol. The van der Waals surface area contributed by atoms with Gasteiger partial charge in [-0.1, -0.05) is 17.7 Å². The van der Waals surface area contributed by atoms with Crippen molar-refractivity contribution in [2.24, 2.45) is 5.92 Å². The van der Waals surface area contributed by atoms with Crippen LogP contribution in [0, 0.1) is 5.92 Å². The second kappa shape index (κ2) is 8.36. The lowest BCUT2D eigenvalue weighted by molar-refractivity contribution is -0.137. The number of amides is 1. The summed E-state index contributed by atoms with van der Waals surface area (Å²) in [5.41, 5.74) is -0.248. The standard InChI is InChI=1S/C21H21ClF3N7O/c22-15-11-14(21(23,24)25)12-26-18(15)31-8-2-7-30(9-10-31)17-4-1-3-16-27-20(29-32(16)17)28-19(33)13-5-6-13/h1,3-4,11-13H,2,5-10H2,(H,28,29,33). The Kier molecular flexibility index (Phi) is 5.51. The molecule has 1 saturated carbocycles. The van der Waals surface area contributed by atoms with Crippen molar-refractivity contribution in [3.8, 4) is 0 Å². The highest BCUT2D eigenvalue weighted by Crippen LogP contribution is 2.34. The number of fused-ring (bicyclic) bond motifs is 1. The number of rotatable bonds is 4. The molecular formula is C21H21ClF3N7O. The first-order valence-corrected chi connectivity index (χ1v) is 11.1. The van der Waals surface area contributed by atoms with Crippen LogP contribution in [0.4, 0.5) is 30.8 Å². The molecule has 0 bridgehead atoms. The highest BCUT2D eigenvalue weighted by molar-refractivity contribution is 6.33. The van der Waals surface area contributed by atoms with Gasteiger partial charge >= 0.3 is 6.18 Å². The molecule has 0 spiro atoms. The molecular weight excluding hydrogens is 459 g/mol. The number of carbonyl (C=O) groups is 1. The van der Waals surface area contributed by atoms with Crippen LogP contribution in [0.15, 0.2) is 30.5 Å². The van der Waals surface area contributed by atoms with E-state index in [1.165, 1.54) is 0 Å². The third-order valence-corrected chi connectivity index (χ3v) is 6.07. The van der Waals surface area contributed by atoms with Crippen LogP contribution >= 0.6 is 11.6 Å². The molecule has 1 aliphatic heterocycles. The molecule has 4 heterocycles. The summed E-state index contributed by atoms with van der Waals surface area (Å²) in [7, 11) is 0. The molecule has 1 aliphatic carbocycles. The van der Waals surface area contributed by atoms with Gasteiger partial charge in [0.05, 0.1) is 10.6 Å². The minimum Gasteiger partial charge on any atom is -0.355 e. The monoisotopic (exact) mass is 479 g/mol. The van der Waals surface area contributed by atoms with E-state index < -0.39 is 11.7 Å². The Bertz CT molecular complexity index is 1190. The number of carbonyl (C=O) groups excluding carboxylic acids is 1. The second-order valence-corrected chi connectivity index (χ2v) is 8.61. The number of aromatic nitrogens is 4. The van der Waals surface area contributed by atoms with Gasteiger partial charge in [0, 0.05) is 38.3 Å². The Morgan fingerprint density at radius 3 is 2.61 bits per heavy atom. The summed E-state index contributed by atoms with van der Waals surface area (Å²) in [4.78, 5) is 24.5. The molecule has 1 N–H and O–H groups in total. The number of hydrogen-bond acceptors (Lipinski definition) is 6. The van der Waals surface area contributed by atoms with Gasteiger partial charge in [0.2, 0.25) is 11.9 Å². The van der Waals surface area contributed by atoms with Gasteiger partial charge in [0.1, 0.15) is 11.6 Å². The van der Waals surface area contributed by atoms with E-state index >= 15 is 0 Å². The summed E-state index contributed by atoms with van der Waals surface area (Å²) in [6, 6.07) is 6.54. The maximum atomic E-state index is 12.9. The molecule has 0 atom stereocenters. The number of alkyl halides is 3. The van der Waals surface area contributed by atoms with Gasteiger partial charge in [-0.25, -0.2) is 4.98 Å². The fraction of sp³-hybridized carbons (Fsp3) is 0.429. The summed E-state index contributed by atoms with van der Waals surface area (Å²) in [6.07, 6.45) is -1.13. The molecule has 0 unspecified atom stereocenters. The first-order chi connectivity index (χ1) is 15.8. The van der Waals surface area contributed by atoms with Crippen molar-refractivity contribution in [1.82, 2.24) is 19.6 Å². The number of anilines is 3. The second-order valence-electron chi connectivity index (χ2n) is 8.21. The lowest BCUT2D eigenvalue weighted by atomic mass is 10.2. The maximum Gasteiger partial charge on any atom is 0.417 e. The number of hydrogen-bond donors (Lipinski definition) is 1. The molecule has 12 heteroatoms. The molecule has 1 amide bonds. The summed E-state index contributed by atoms with van der Waals surface area (Å²) in [5, 5.41) is 7.22. The number of nitrogens with one attached hydrogen (secondary N) is 1. The van der Waals surface area contributed by atoms with Crippen molar-refractivity contribution in [1.29, 1.82) is 0 Å². The van der Waals surface area contributed by atoms with E-state index in [9.17, 15) is 18.0 Å². The molecule has 33 heavy (non-hydrogen) atoms. The summed E-state index contributed by atoms with van der Waals surface area (Å²) in [6.45, 7) is 2.42. The van der Waals surface area contributed by atoms with E-state index in [4.69, 9.17) is 11.6 Å². The zero-order valence-corrected chi connectivity index (χ0v) is 18.3. The highest BCUT2D eigenvalue weighted by atomic mass is 35.5. The zero-order chi connectivity index (χ0) is 23.2. The first-order valence-electron chi connectivity index (χ1n) is 10.7. The highest BCUT2D eigenvalue weighted by Gasteiger charge is 2.32. The Hall–Kier alpha value is -3.08. The third kappa shape index (κ3) is 4.54. The normalized spacial score (nSPS) is 17.3. The molecule has 5 rings (SSSR count). The Labute approximate surface area is 192 Å². The van der Waals surface area contributed by atoms with Crippen molar-refractivity contribution in [3.63, 3.8) is 0 Å². The number of halogens is 4. The quantitative estimate of drug-likeness (QED) is 0.612. The summed E-state index contributed by atoms with van der Waals surface area (Å²) < 4.78 is 40.5. The van der Waals surface area contributed by atoms with Crippen molar-refractivity contribution in [2.75, 3.05) is 41.3 Å². The topological polar surface area (TPSA) is 78.7 Å². The van der Waals surface area contributed by atoms with E-state index in [2.05, 4.69) is 25.3 Å². The van der Waals surface area contributed by atoms with Crippen LogP contribution < -0.4 is 15.1 Å². The van der Waals surface area contributed by atoms with Crippen LogP contribution in [0.3, 0.4) is 0 Å². The lowest BCUT2D eigenvalue weighted by Gasteiger charge is -2.25. The van der Waals surface area contributed by atoms with Gasteiger partial charge in [0.15, 0.2) is 5.65 Å². The van der Waals surface area contributed by atoms with Crippen LogP contribution in [0.2, 0.25) is 5.02 Å². The number of nitrogens with zero attached hydrogens (tertiary/aromatic N) is 6. The van der Waals surface area contributed by atoms with Crippen LogP contribution in [0.1, 0.15) is 24.8 Å². The molecule has 3 aromatic rings. The largest absolute Gasteiger partial charge is 0.417 e. The molecule has 2 aliphatic rings. The zero-order valence-electron chi connectivity index (χ0n) is 17.5. The van der Waals surface area contributed by atoms with E-state index in [-0.39, 0.29) is 22.8 Å². The van der Waals surface area contributed by atoms with Crippen molar-refractivity contribution < 1.29 is 18.0 Å². The minimum absolute atomic E-state index is 0.0206. The smallest absolute Gasteiger partial charge is 0.355 e. The molecule has 2 fully saturated rings. The molecule has 174 valence electrons. The Morgan fingerprint density at radius 2 is 1.88 bits per heavy atom. The van der Waals surface area contributed by atoms with Gasteiger partial charge < -0.3 is 9.80 Å². The van der Waals surface area contributed by atoms with Gasteiger partial charge in [0.25, 0.3) is 0 Å². The van der Waals surface area contributed by atoms with Crippen molar-refractivity contribution in [3.05, 3.63) is 41.0 Å². The number of pyridine rings is 2. The molecule has 8 nitrogen and oxygen atoms in total. The minimum atomic E-state index is -4.49. The van der Waals surface area contributed by atoms with Gasteiger partial charge in [-0.3, -0.25) is 10.1 Å². The van der Waals surface area contributed by atoms with E-state index in [1.807, 2.05) is 23.1 Å². The maximum absolute atomic E-state index is 12.9. The van der Waals surface area contributed by atoms with Crippen LogP contribution in [-0.2, 0) is 11.0 Å². The molecule has 1 saturated heterocycles. The first kappa shape index (κ1) is 21.7. The van der Waals surface area contributed by atoms with Gasteiger partial charge in [-0.2, -0.15) is 22.7 Å². The third-order valence-electron chi connectivity index (χ3n) is 5.79. The van der Waals surface area contributed by atoms with Gasteiger partial charge in [-0.05, 0) is 37.5 Å². The van der Waals surface area contributed by atoms with E-state index in [0.29, 0.717) is 37.6 Å². The summed E-state index contributed by atoms with van der Waals surface area (Å²) in [5.74, 6) is 1.43. The summed E-state index contributed by atoms with van der Waals surface area (Å²) >= 11 is 6.15. The van der Waals surface area contributed by atoms with Crippen molar-refractivity contribution in [2.45, 2.75) is 25.4 Å². The lowest BCUT2D eigenvalue weighted by Crippen LogP contribution is -2.32. The Balaban J connectivity index is 1.34. The fourth-order valence-electron chi connectivity index (χ4n) is 3.92. The molecule has 0 aromatic carbocycles.